The monoisotopic (exact) mass is 202 g/mol. The van der Waals surface area contributed by atoms with Crippen LogP contribution >= 0.6 is 0 Å². The van der Waals surface area contributed by atoms with Gasteiger partial charge < -0.3 is 9.84 Å². The van der Waals surface area contributed by atoms with Crippen LogP contribution in [0.2, 0.25) is 0 Å². The van der Waals surface area contributed by atoms with Crippen molar-refractivity contribution in [2.75, 3.05) is 7.11 Å². The molecule has 1 atom stereocenters. The Morgan fingerprint density at radius 3 is 2.50 bits per heavy atom. The highest BCUT2D eigenvalue weighted by atomic mass is 16.5. The van der Waals surface area contributed by atoms with Gasteiger partial charge in [0.05, 0.1) is 19.6 Å². The van der Waals surface area contributed by atoms with E-state index < -0.39 is 6.10 Å². The van der Waals surface area contributed by atoms with Gasteiger partial charge in [-0.3, -0.25) is 4.79 Å². The standard InChI is InChI=1S/C11H22O3/c1-3-4-5-6-7-8-10(12)9-11(13)14-2/h10,12H,3-9H2,1-2H3. The summed E-state index contributed by atoms with van der Waals surface area (Å²) in [5.74, 6) is -0.328. The Morgan fingerprint density at radius 2 is 1.93 bits per heavy atom. The molecule has 0 aliphatic carbocycles. The van der Waals surface area contributed by atoms with Gasteiger partial charge in [-0.25, -0.2) is 0 Å². The number of hydrogen-bond donors (Lipinski definition) is 1. The largest absolute Gasteiger partial charge is 0.469 e. The molecular weight excluding hydrogens is 180 g/mol. The Balaban J connectivity index is 3.26. The fourth-order valence-electron chi connectivity index (χ4n) is 1.36. The van der Waals surface area contributed by atoms with E-state index in [0.29, 0.717) is 6.42 Å². The van der Waals surface area contributed by atoms with Gasteiger partial charge in [-0.2, -0.15) is 0 Å². The zero-order chi connectivity index (χ0) is 10.8. The second kappa shape index (κ2) is 9.00. The maximum absolute atomic E-state index is 10.8. The second-order valence-corrected chi connectivity index (χ2v) is 3.64. The third-order valence-electron chi connectivity index (χ3n) is 2.27. The minimum atomic E-state index is -0.524. The van der Waals surface area contributed by atoms with E-state index in [0.717, 1.165) is 12.8 Å². The predicted molar refractivity (Wildman–Crippen MR) is 56.0 cm³/mol. The summed E-state index contributed by atoms with van der Waals surface area (Å²) in [6.07, 6.45) is 6.16. The lowest BCUT2D eigenvalue weighted by Gasteiger charge is -2.08. The van der Waals surface area contributed by atoms with E-state index >= 15 is 0 Å². The van der Waals surface area contributed by atoms with Crippen molar-refractivity contribution in [3.8, 4) is 0 Å². The Hall–Kier alpha value is -0.570. The second-order valence-electron chi connectivity index (χ2n) is 3.64. The molecule has 0 aromatic carbocycles. The van der Waals surface area contributed by atoms with Crippen LogP contribution in [0, 0.1) is 0 Å². The number of aliphatic hydroxyl groups excluding tert-OH is 1. The van der Waals surface area contributed by atoms with Crippen molar-refractivity contribution >= 4 is 5.97 Å². The lowest BCUT2D eigenvalue weighted by atomic mass is 10.1. The molecule has 0 aromatic heterocycles. The molecule has 0 bridgehead atoms. The van der Waals surface area contributed by atoms with Crippen molar-refractivity contribution in [1.82, 2.24) is 0 Å². The quantitative estimate of drug-likeness (QED) is 0.485. The first-order chi connectivity index (χ1) is 6.70. The van der Waals surface area contributed by atoms with Crippen molar-refractivity contribution in [3.05, 3.63) is 0 Å². The normalized spacial score (nSPS) is 12.5. The smallest absolute Gasteiger partial charge is 0.308 e. The molecule has 0 saturated carbocycles. The van der Waals surface area contributed by atoms with Crippen molar-refractivity contribution < 1.29 is 14.6 Å². The first-order valence-electron chi connectivity index (χ1n) is 5.45. The Morgan fingerprint density at radius 1 is 1.29 bits per heavy atom. The predicted octanol–water partition coefficient (Wildman–Crippen LogP) is 2.27. The zero-order valence-corrected chi connectivity index (χ0v) is 9.29. The minimum absolute atomic E-state index is 0.129. The van der Waals surface area contributed by atoms with Gasteiger partial charge >= 0.3 is 5.97 Å². The molecule has 0 aromatic rings. The van der Waals surface area contributed by atoms with Crippen molar-refractivity contribution in [2.24, 2.45) is 0 Å². The molecule has 0 aliphatic heterocycles. The summed E-state index contributed by atoms with van der Waals surface area (Å²) in [6.45, 7) is 2.17. The van der Waals surface area contributed by atoms with E-state index in [9.17, 15) is 9.90 Å². The first-order valence-corrected chi connectivity index (χ1v) is 5.45. The number of carbonyl (C=O) groups excluding carboxylic acids is 1. The van der Waals surface area contributed by atoms with Crippen LogP contribution in [0.25, 0.3) is 0 Å². The van der Waals surface area contributed by atoms with Crippen molar-refractivity contribution in [2.45, 2.75) is 58.0 Å². The minimum Gasteiger partial charge on any atom is -0.469 e. The molecule has 84 valence electrons. The van der Waals surface area contributed by atoms with Gasteiger partial charge in [0.1, 0.15) is 0 Å². The van der Waals surface area contributed by atoms with Gasteiger partial charge in [-0.1, -0.05) is 39.0 Å². The summed E-state index contributed by atoms with van der Waals surface area (Å²) < 4.78 is 4.47. The molecule has 1 N–H and O–H groups in total. The molecule has 0 aliphatic rings. The van der Waals surface area contributed by atoms with Gasteiger partial charge in [0.15, 0.2) is 0 Å². The van der Waals surface area contributed by atoms with E-state index in [1.165, 1.54) is 26.4 Å². The number of unbranched alkanes of at least 4 members (excludes halogenated alkanes) is 4. The summed E-state index contributed by atoms with van der Waals surface area (Å²) >= 11 is 0. The molecular formula is C11H22O3. The highest BCUT2D eigenvalue weighted by Crippen LogP contribution is 2.09. The van der Waals surface area contributed by atoms with Crippen LogP contribution in [0.1, 0.15) is 51.9 Å². The number of aliphatic hydroxyl groups is 1. The molecule has 0 fully saturated rings. The van der Waals surface area contributed by atoms with E-state index in [2.05, 4.69) is 11.7 Å². The molecule has 0 spiro atoms. The van der Waals surface area contributed by atoms with E-state index in [4.69, 9.17) is 0 Å². The zero-order valence-electron chi connectivity index (χ0n) is 9.29. The SMILES string of the molecule is CCCCCCCC(O)CC(=O)OC. The molecule has 0 amide bonds. The Kier molecular flexibility index (Phi) is 8.64. The summed E-state index contributed by atoms with van der Waals surface area (Å²) in [6, 6.07) is 0. The third-order valence-corrected chi connectivity index (χ3v) is 2.27. The highest BCUT2D eigenvalue weighted by Gasteiger charge is 2.09. The third kappa shape index (κ3) is 8.05. The number of esters is 1. The van der Waals surface area contributed by atoms with Crippen molar-refractivity contribution in [1.29, 1.82) is 0 Å². The Labute approximate surface area is 86.5 Å². The molecule has 14 heavy (non-hydrogen) atoms. The number of ether oxygens (including phenoxy) is 1. The molecule has 0 heterocycles. The molecule has 0 rings (SSSR count). The van der Waals surface area contributed by atoms with Crippen molar-refractivity contribution in [3.63, 3.8) is 0 Å². The van der Waals surface area contributed by atoms with Crippen LogP contribution in [-0.2, 0) is 9.53 Å². The highest BCUT2D eigenvalue weighted by molar-refractivity contribution is 5.69. The van der Waals surface area contributed by atoms with E-state index in [1.807, 2.05) is 0 Å². The number of rotatable bonds is 8. The lowest BCUT2D eigenvalue weighted by molar-refractivity contribution is -0.142. The van der Waals surface area contributed by atoms with Gasteiger partial charge in [0, 0.05) is 0 Å². The van der Waals surface area contributed by atoms with Gasteiger partial charge in [0.2, 0.25) is 0 Å². The molecule has 0 saturated heterocycles. The maximum Gasteiger partial charge on any atom is 0.308 e. The number of carbonyl (C=O) groups is 1. The first kappa shape index (κ1) is 13.4. The summed E-state index contributed by atoms with van der Waals surface area (Å²) in [4.78, 5) is 10.8. The van der Waals surface area contributed by atoms with Crippen LogP contribution in [0.4, 0.5) is 0 Å². The maximum atomic E-state index is 10.8. The fourth-order valence-corrected chi connectivity index (χ4v) is 1.36. The molecule has 0 radical (unpaired) electrons. The van der Waals surface area contributed by atoms with Crippen LogP contribution in [0.5, 0.6) is 0 Å². The van der Waals surface area contributed by atoms with E-state index in [-0.39, 0.29) is 12.4 Å². The summed E-state index contributed by atoms with van der Waals surface area (Å²) in [5, 5.41) is 9.41. The van der Waals surface area contributed by atoms with Gasteiger partial charge in [-0.15, -0.1) is 0 Å². The molecule has 3 heteroatoms. The van der Waals surface area contributed by atoms with Crippen LogP contribution in [-0.4, -0.2) is 24.3 Å². The topological polar surface area (TPSA) is 46.5 Å². The summed E-state index contributed by atoms with van der Waals surface area (Å²) in [7, 11) is 1.34. The lowest BCUT2D eigenvalue weighted by Crippen LogP contribution is -2.14. The molecule has 1 unspecified atom stereocenters. The van der Waals surface area contributed by atoms with Gasteiger partial charge in [0.25, 0.3) is 0 Å². The average Bonchev–Trinajstić information content (AvgIpc) is 2.17. The Bertz CT molecular complexity index is 145. The molecule has 3 nitrogen and oxygen atoms in total. The van der Waals surface area contributed by atoms with E-state index in [1.54, 1.807) is 0 Å². The van der Waals surface area contributed by atoms with Crippen LogP contribution in [0.15, 0.2) is 0 Å². The summed E-state index contributed by atoms with van der Waals surface area (Å²) in [5.41, 5.74) is 0. The average molecular weight is 202 g/mol. The van der Waals surface area contributed by atoms with Crippen LogP contribution in [0.3, 0.4) is 0 Å². The van der Waals surface area contributed by atoms with Crippen LogP contribution < -0.4 is 0 Å². The van der Waals surface area contributed by atoms with Gasteiger partial charge in [-0.05, 0) is 6.42 Å². The number of hydrogen-bond acceptors (Lipinski definition) is 3. The fraction of sp³-hybridized carbons (Fsp3) is 0.909. The number of methoxy groups -OCH3 is 1.